The fraction of sp³-hybridized carbons (Fsp3) is 1.00. The summed E-state index contributed by atoms with van der Waals surface area (Å²) in [5, 5.41) is 4.72. The van der Waals surface area contributed by atoms with Gasteiger partial charge in [0.2, 0.25) is 0 Å². The van der Waals surface area contributed by atoms with Crippen molar-refractivity contribution in [1.82, 2.24) is 5.32 Å². The molecule has 0 aromatic rings. The maximum atomic E-state index is 3.79. The summed E-state index contributed by atoms with van der Waals surface area (Å²) in [5.74, 6) is 2.70. The van der Waals surface area contributed by atoms with Crippen molar-refractivity contribution >= 4 is 23.5 Å². The van der Waals surface area contributed by atoms with Crippen molar-refractivity contribution in [1.29, 1.82) is 0 Å². The van der Waals surface area contributed by atoms with E-state index in [0.717, 1.165) is 17.3 Å². The molecule has 2 unspecified atom stereocenters. The minimum absolute atomic E-state index is 0.831. The molecule has 0 aromatic carbocycles. The second-order valence-corrected chi connectivity index (χ2v) is 6.34. The largest absolute Gasteiger partial charge is 0.310 e. The third kappa shape index (κ3) is 2.80. The van der Waals surface area contributed by atoms with Gasteiger partial charge < -0.3 is 5.32 Å². The molecule has 3 heteroatoms. The smallest absolute Gasteiger partial charge is 0.0251 e. The second kappa shape index (κ2) is 4.94. The van der Waals surface area contributed by atoms with Gasteiger partial charge in [-0.15, -0.1) is 0 Å². The Morgan fingerprint density at radius 3 is 2.69 bits per heavy atom. The number of rotatable bonds is 3. The summed E-state index contributed by atoms with van der Waals surface area (Å²) in [4.78, 5) is 0. The average molecular weight is 217 g/mol. The van der Waals surface area contributed by atoms with Crippen molar-refractivity contribution in [3.8, 4) is 0 Å². The lowest BCUT2D eigenvalue weighted by molar-refractivity contribution is 0.357. The Morgan fingerprint density at radius 2 is 2.08 bits per heavy atom. The summed E-state index contributed by atoms with van der Waals surface area (Å²) in [6, 6.07) is 1.67. The molecule has 1 nitrogen and oxygen atoms in total. The summed E-state index contributed by atoms with van der Waals surface area (Å²) in [7, 11) is 0. The number of thioether (sulfide) groups is 2. The van der Waals surface area contributed by atoms with Crippen LogP contribution in [-0.4, -0.2) is 35.1 Å². The van der Waals surface area contributed by atoms with Gasteiger partial charge in [0.05, 0.1) is 0 Å². The van der Waals surface area contributed by atoms with Crippen LogP contribution in [0.3, 0.4) is 0 Å². The lowest BCUT2D eigenvalue weighted by Crippen LogP contribution is -2.48. The molecule has 13 heavy (non-hydrogen) atoms. The molecular formula is C10H19NS2. The highest BCUT2D eigenvalue weighted by molar-refractivity contribution is 8.00. The molecule has 0 radical (unpaired) electrons. The van der Waals surface area contributed by atoms with E-state index in [2.05, 4.69) is 35.1 Å². The zero-order valence-corrected chi connectivity index (χ0v) is 9.92. The molecule has 1 N–H and O–H groups in total. The van der Waals surface area contributed by atoms with Gasteiger partial charge in [-0.05, 0) is 25.5 Å². The van der Waals surface area contributed by atoms with Gasteiger partial charge in [0.1, 0.15) is 0 Å². The van der Waals surface area contributed by atoms with Crippen LogP contribution in [0.15, 0.2) is 0 Å². The molecular weight excluding hydrogens is 198 g/mol. The standard InChI is InChI=1S/C10H19NS2/c1-12-10-4-2-3-8(5-10)11-9-6-13-7-9/h8-11H,2-7H2,1H3. The first-order valence-corrected chi connectivity index (χ1v) is 7.69. The minimum Gasteiger partial charge on any atom is -0.310 e. The van der Waals surface area contributed by atoms with E-state index in [-0.39, 0.29) is 0 Å². The van der Waals surface area contributed by atoms with E-state index >= 15 is 0 Å². The summed E-state index contributed by atoms with van der Waals surface area (Å²) in [5.41, 5.74) is 0. The minimum atomic E-state index is 0.831. The van der Waals surface area contributed by atoms with Crippen molar-refractivity contribution in [2.45, 2.75) is 43.0 Å². The van der Waals surface area contributed by atoms with Crippen molar-refractivity contribution < 1.29 is 0 Å². The SMILES string of the molecule is CSC1CCCC(NC2CSC2)C1. The highest BCUT2D eigenvalue weighted by Gasteiger charge is 2.25. The lowest BCUT2D eigenvalue weighted by atomic mass is 9.94. The first kappa shape index (κ1) is 10.2. The van der Waals surface area contributed by atoms with E-state index in [1.165, 1.54) is 37.2 Å². The molecule has 0 spiro atoms. The molecule has 1 aliphatic carbocycles. The van der Waals surface area contributed by atoms with Gasteiger partial charge >= 0.3 is 0 Å². The predicted octanol–water partition coefficient (Wildman–Crippen LogP) is 2.37. The third-order valence-corrected chi connectivity index (χ3v) is 5.44. The molecule has 1 aliphatic heterocycles. The molecule has 2 atom stereocenters. The van der Waals surface area contributed by atoms with Crippen LogP contribution < -0.4 is 5.32 Å². The second-order valence-electron chi connectivity index (χ2n) is 4.12. The highest BCUT2D eigenvalue weighted by atomic mass is 32.2. The Morgan fingerprint density at radius 1 is 1.23 bits per heavy atom. The van der Waals surface area contributed by atoms with Crippen LogP contribution in [0.1, 0.15) is 25.7 Å². The van der Waals surface area contributed by atoms with E-state index < -0.39 is 0 Å². The third-order valence-electron chi connectivity index (χ3n) is 3.07. The van der Waals surface area contributed by atoms with Crippen molar-refractivity contribution in [2.75, 3.05) is 17.8 Å². The number of hydrogen-bond acceptors (Lipinski definition) is 3. The number of nitrogens with one attached hydrogen (secondary N) is 1. The fourth-order valence-corrected chi connectivity index (χ4v) is 3.67. The van der Waals surface area contributed by atoms with Crippen LogP contribution in [-0.2, 0) is 0 Å². The Bertz CT molecular complexity index is 157. The summed E-state index contributed by atoms with van der Waals surface area (Å²) >= 11 is 4.13. The van der Waals surface area contributed by atoms with Gasteiger partial charge in [0.15, 0.2) is 0 Å². The van der Waals surface area contributed by atoms with Crippen LogP contribution in [0, 0.1) is 0 Å². The molecule has 2 fully saturated rings. The van der Waals surface area contributed by atoms with Crippen LogP contribution in [0.2, 0.25) is 0 Å². The normalized spacial score (nSPS) is 35.8. The molecule has 2 rings (SSSR count). The first-order valence-electron chi connectivity index (χ1n) is 5.25. The lowest BCUT2D eigenvalue weighted by Gasteiger charge is -2.35. The maximum Gasteiger partial charge on any atom is 0.0251 e. The van der Waals surface area contributed by atoms with Gasteiger partial charge in [-0.3, -0.25) is 0 Å². The van der Waals surface area contributed by atoms with E-state index in [0.29, 0.717) is 0 Å². The summed E-state index contributed by atoms with van der Waals surface area (Å²) in [6.45, 7) is 0. The van der Waals surface area contributed by atoms with Crippen molar-refractivity contribution in [3.63, 3.8) is 0 Å². The van der Waals surface area contributed by atoms with Gasteiger partial charge in [-0.25, -0.2) is 0 Å². The fourth-order valence-electron chi connectivity index (χ4n) is 2.18. The van der Waals surface area contributed by atoms with E-state index in [9.17, 15) is 0 Å². The van der Waals surface area contributed by atoms with Gasteiger partial charge in [0, 0.05) is 28.8 Å². The molecule has 76 valence electrons. The summed E-state index contributed by atoms with van der Waals surface area (Å²) in [6.07, 6.45) is 7.95. The van der Waals surface area contributed by atoms with Crippen LogP contribution in [0.25, 0.3) is 0 Å². The predicted molar refractivity (Wildman–Crippen MR) is 63.8 cm³/mol. The molecule has 1 saturated carbocycles. The van der Waals surface area contributed by atoms with Crippen molar-refractivity contribution in [3.05, 3.63) is 0 Å². The highest BCUT2D eigenvalue weighted by Crippen LogP contribution is 2.28. The molecule has 2 aliphatic rings. The monoisotopic (exact) mass is 217 g/mol. The Balaban J connectivity index is 1.71. The molecule has 0 amide bonds. The van der Waals surface area contributed by atoms with E-state index in [4.69, 9.17) is 0 Å². The van der Waals surface area contributed by atoms with Crippen molar-refractivity contribution in [2.24, 2.45) is 0 Å². The van der Waals surface area contributed by atoms with Gasteiger partial charge in [0.25, 0.3) is 0 Å². The number of hydrogen-bond donors (Lipinski definition) is 1. The molecule has 1 saturated heterocycles. The topological polar surface area (TPSA) is 12.0 Å². The Labute approximate surface area is 89.8 Å². The van der Waals surface area contributed by atoms with Gasteiger partial charge in [-0.2, -0.15) is 23.5 Å². The zero-order chi connectivity index (χ0) is 9.10. The van der Waals surface area contributed by atoms with Crippen LogP contribution >= 0.6 is 23.5 Å². The average Bonchev–Trinajstić information content (AvgIpc) is 2.12. The Hall–Kier alpha value is 0.660. The molecule has 1 heterocycles. The van der Waals surface area contributed by atoms with Gasteiger partial charge in [-0.1, -0.05) is 6.42 Å². The zero-order valence-electron chi connectivity index (χ0n) is 8.29. The van der Waals surface area contributed by atoms with Crippen LogP contribution in [0.5, 0.6) is 0 Å². The van der Waals surface area contributed by atoms with Crippen LogP contribution in [0.4, 0.5) is 0 Å². The van der Waals surface area contributed by atoms with E-state index in [1.54, 1.807) is 0 Å². The Kier molecular flexibility index (Phi) is 3.87. The quantitative estimate of drug-likeness (QED) is 0.779. The molecule has 0 bridgehead atoms. The molecule has 0 aromatic heterocycles. The maximum absolute atomic E-state index is 3.79. The summed E-state index contributed by atoms with van der Waals surface area (Å²) < 4.78 is 0. The van der Waals surface area contributed by atoms with E-state index in [1.807, 2.05) is 0 Å². The first-order chi connectivity index (χ1) is 6.38.